The molecule has 0 bridgehead atoms. The van der Waals surface area contributed by atoms with Crippen molar-refractivity contribution in [3.05, 3.63) is 22.8 Å². The third-order valence-corrected chi connectivity index (χ3v) is 2.75. The lowest BCUT2D eigenvalue weighted by Gasteiger charge is -2.13. The SMILES string of the molecule is CC1=[C]C(C)C2=C1C2(C)C. The summed E-state index contributed by atoms with van der Waals surface area (Å²) in [7, 11) is 0. The van der Waals surface area contributed by atoms with E-state index in [0.717, 1.165) is 0 Å². The van der Waals surface area contributed by atoms with E-state index in [-0.39, 0.29) is 0 Å². The van der Waals surface area contributed by atoms with Gasteiger partial charge in [0.25, 0.3) is 0 Å². The monoisotopic (exact) mass is 133 g/mol. The van der Waals surface area contributed by atoms with Crippen LogP contribution in [0.5, 0.6) is 0 Å². The van der Waals surface area contributed by atoms with Crippen molar-refractivity contribution in [2.75, 3.05) is 0 Å². The molecular formula is C10H13. The number of allylic oxidation sites excluding steroid dienone is 4. The Morgan fingerprint density at radius 1 is 1.40 bits per heavy atom. The number of rotatable bonds is 0. The quantitative estimate of drug-likeness (QED) is 0.476. The topological polar surface area (TPSA) is 0 Å². The molecule has 0 aromatic heterocycles. The molecule has 0 fully saturated rings. The number of hydrogen-bond acceptors (Lipinski definition) is 0. The molecule has 0 amide bonds. The van der Waals surface area contributed by atoms with Crippen LogP contribution in [-0.4, -0.2) is 0 Å². The summed E-state index contributed by atoms with van der Waals surface area (Å²) in [6.45, 7) is 9.02. The Bertz CT molecular complexity index is 251. The molecule has 0 aromatic carbocycles. The van der Waals surface area contributed by atoms with Crippen molar-refractivity contribution < 1.29 is 0 Å². The van der Waals surface area contributed by atoms with Gasteiger partial charge in [0.15, 0.2) is 0 Å². The average Bonchev–Trinajstić information content (AvgIpc) is 2.17. The maximum Gasteiger partial charge on any atom is 0.0120 e. The van der Waals surface area contributed by atoms with Gasteiger partial charge in [0.2, 0.25) is 0 Å². The minimum atomic E-state index is 0.439. The maximum absolute atomic E-state index is 3.41. The molecule has 0 saturated heterocycles. The Balaban J connectivity index is 2.38. The predicted molar refractivity (Wildman–Crippen MR) is 42.4 cm³/mol. The molecule has 0 aliphatic heterocycles. The van der Waals surface area contributed by atoms with Gasteiger partial charge < -0.3 is 0 Å². The van der Waals surface area contributed by atoms with E-state index in [1.54, 1.807) is 11.1 Å². The zero-order valence-electron chi connectivity index (χ0n) is 7.08. The second kappa shape index (κ2) is 1.39. The maximum atomic E-state index is 3.41. The molecule has 0 saturated carbocycles. The Morgan fingerprint density at radius 3 is 2.20 bits per heavy atom. The van der Waals surface area contributed by atoms with E-state index in [2.05, 4.69) is 33.8 Å². The first-order valence-electron chi connectivity index (χ1n) is 3.90. The lowest BCUT2D eigenvalue weighted by molar-refractivity contribution is 0.610. The minimum Gasteiger partial charge on any atom is -0.0545 e. The standard InChI is InChI=1S/C10H13/c1-6-5-7(2)9-8(6)10(9,3)4/h6H,1-4H3. The van der Waals surface area contributed by atoms with Crippen LogP contribution in [0.4, 0.5) is 0 Å². The van der Waals surface area contributed by atoms with E-state index in [1.165, 1.54) is 5.57 Å². The molecule has 1 atom stereocenters. The summed E-state index contributed by atoms with van der Waals surface area (Å²) in [5, 5.41) is 0. The van der Waals surface area contributed by atoms with Gasteiger partial charge in [-0.3, -0.25) is 0 Å². The van der Waals surface area contributed by atoms with Crippen LogP contribution in [0.2, 0.25) is 0 Å². The predicted octanol–water partition coefficient (Wildman–Crippen LogP) is 2.72. The zero-order chi connectivity index (χ0) is 7.52. The van der Waals surface area contributed by atoms with E-state index < -0.39 is 0 Å². The van der Waals surface area contributed by atoms with Crippen molar-refractivity contribution in [2.45, 2.75) is 27.7 Å². The zero-order valence-corrected chi connectivity index (χ0v) is 7.08. The van der Waals surface area contributed by atoms with Gasteiger partial charge in [-0.05, 0) is 29.7 Å². The summed E-state index contributed by atoms with van der Waals surface area (Å²) in [4.78, 5) is 0. The van der Waals surface area contributed by atoms with Crippen LogP contribution in [0.15, 0.2) is 16.7 Å². The smallest absolute Gasteiger partial charge is 0.0120 e. The molecular weight excluding hydrogens is 120 g/mol. The van der Waals surface area contributed by atoms with Gasteiger partial charge in [-0.25, -0.2) is 0 Å². The van der Waals surface area contributed by atoms with E-state index >= 15 is 0 Å². The fourth-order valence-corrected chi connectivity index (χ4v) is 2.40. The number of hydrogen-bond donors (Lipinski definition) is 0. The fourth-order valence-electron chi connectivity index (χ4n) is 2.40. The van der Waals surface area contributed by atoms with Gasteiger partial charge in [0.05, 0.1) is 0 Å². The van der Waals surface area contributed by atoms with E-state index in [0.29, 0.717) is 11.3 Å². The van der Waals surface area contributed by atoms with Crippen LogP contribution in [-0.2, 0) is 0 Å². The Morgan fingerprint density at radius 2 is 2.00 bits per heavy atom. The van der Waals surface area contributed by atoms with Gasteiger partial charge in [-0.1, -0.05) is 20.8 Å². The van der Waals surface area contributed by atoms with Gasteiger partial charge in [-0.15, -0.1) is 0 Å². The molecule has 1 radical (unpaired) electrons. The normalized spacial score (nSPS) is 34.0. The van der Waals surface area contributed by atoms with Crippen LogP contribution >= 0.6 is 0 Å². The molecule has 10 heavy (non-hydrogen) atoms. The molecule has 0 heteroatoms. The molecule has 0 aromatic rings. The Kier molecular flexibility index (Phi) is 0.862. The molecule has 2 rings (SSSR count). The first kappa shape index (κ1) is 6.21. The van der Waals surface area contributed by atoms with Crippen molar-refractivity contribution in [3.63, 3.8) is 0 Å². The van der Waals surface area contributed by atoms with Gasteiger partial charge in [0.1, 0.15) is 0 Å². The first-order chi connectivity index (χ1) is 4.55. The molecule has 0 N–H and O–H groups in total. The van der Waals surface area contributed by atoms with Crippen molar-refractivity contribution in [1.29, 1.82) is 0 Å². The van der Waals surface area contributed by atoms with E-state index in [9.17, 15) is 0 Å². The molecule has 0 heterocycles. The van der Waals surface area contributed by atoms with Gasteiger partial charge in [-0.2, -0.15) is 0 Å². The van der Waals surface area contributed by atoms with Crippen molar-refractivity contribution in [2.24, 2.45) is 11.3 Å². The molecule has 0 spiro atoms. The highest BCUT2D eigenvalue weighted by Gasteiger charge is 2.50. The molecule has 2 aliphatic rings. The highest BCUT2D eigenvalue weighted by atomic mass is 14.5. The highest BCUT2D eigenvalue weighted by Crippen LogP contribution is 2.62. The molecule has 1 unspecified atom stereocenters. The summed E-state index contributed by atoms with van der Waals surface area (Å²) in [6.07, 6.45) is 3.41. The second-order valence-corrected chi connectivity index (χ2v) is 3.90. The van der Waals surface area contributed by atoms with E-state index in [4.69, 9.17) is 0 Å². The molecule has 0 nitrogen and oxygen atoms in total. The fraction of sp³-hybridized carbons (Fsp3) is 0.600. The van der Waals surface area contributed by atoms with E-state index in [1.807, 2.05) is 0 Å². The third-order valence-electron chi connectivity index (χ3n) is 2.75. The summed E-state index contributed by atoms with van der Waals surface area (Å²) < 4.78 is 0. The van der Waals surface area contributed by atoms with Crippen molar-refractivity contribution in [1.82, 2.24) is 0 Å². The van der Waals surface area contributed by atoms with Crippen molar-refractivity contribution in [3.8, 4) is 0 Å². The average molecular weight is 133 g/mol. The molecule has 53 valence electrons. The second-order valence-electron chi connectivity index (χ2n) is 3.90. The summed E-state index contributed by atoms with van der Waals surface area (Å²) in [5.41, 5.74) is 5.05. The van der Waals surface area contributed by atoms with Crippen LogP contribution in [0.25, 0.3) is 0 Å². The highest BCUT2D eigenvalue weighted by molar-refractivity contribution is 5.63. The molecule has 2 aliphatic carbocycles. The van der Waals surface area contributed by atoms with Gasteiger partial charge in [0, 0.05) is 11.3 Å². The van der Waals surface area contributed by atoms with Crippen molar-refractivity contribution >= 4 is 0 Å². The first-order valence-corrected chi connectivity index (χ1v) is 3.90. The summed E-state index contributed by atoms with van der Waals surface area (Å²) in [5.74, 6) is 0.602. The van der Waals surface area contributed by atoms with Crippen LogP contribution < -0.4 is 0 Å². The van der Waals surface area contributed by atoms with Gasteiger partial charge >= 0.3 is 0 Å². The Hall–Kier alpha value is -0.520. The lowest BCUT2D eigenvalue weighted by Crippen LogP contribution is -2.03. The lowest BCUT2D eigenvalue weighted by atomic mass is 9.91. The largest absolute Gasteiger partial charge is 0.0545 e. The minimum absolute atomic E-state index is 0.439. The van der Waals surface area contributed by atoms with Crippen LogP contribution in [0, 0.1) is 17.4 Å². The summed E-state index contributed by atoms with van der Waals surface area (Å²) in [6, 6.07) is 0. The third kappa shape index (κ3) is 0.484. The van der Waals surface area contributed by atoms with Crippen LogP contribution in [0.1, 0.15) is 27.7 Å². The van der Waals surface area contributed by atoms with Crippen LogP contribution in [0.3, 0.4) is 0 Å². The Labute approximate surface area is 62.6 Å². The summed E-state index contributed by atoms with van der Waals surface area (Å²) >= 11 is 0.